The van der Waals surface area contributed by atoms with Gasteiger partial charge in [-0.2, -0.15) is 0 Å². The predicted octanol–water partition coefficient (Wildman–Crippen LogP) is 4.06. The van der Waals surface area contributed by atoms with Crippen LogP contribution in [0.15, 0.2) is 47.5 Å². The van der Waals surface area contributed by atoms with E-state index in [1.807, 2.05) is 31.2 Å². The maximum Gasteiger partial charge on any atom is 0.166 e. The molecule has 3 rings (SSSR count). The molecule has 144 valence electrons. The molecule has 2 aromatic carbocycles. The van der Waals surface area contributed by atoms with Gasteiger partial charge in [-0.05, 0) is 62.7 Å². The average Bonchev–Trinajstić information content (AvgIpc) is 3.22. The highest BCUT2D eigenvalue weighted by Crippen LogP contribution is 2.30. The van der Waals surface area contributed by atoms with Crippen molar-refractivity contribution in [2.75, 3.05) is 33.4 Å². The lowest BCUT2D eigenvalue weighted by atomic mass is 10.1. The third-order valence-electron chi connectivity index (χ3n) is 4.90. The van der Waals surface area contributed by atoms with Crippen molar-refractivity contribution in [3.8, 4) is 17.2 Å². The Kier molecular flexibility index (Phi) is 6.71. The largest absolute Gasteiger partial charge is 0.504 e. The van der Waals surface area contributed by atoms with Crippen molar-refractivity contribution >= 4 is 6.21 Å². The molecule has 0 spiro atoms. The number of methoxy groups -OCH3 is 1. The molecule has 0 amide bonds. The molecule has 5 heteroatoms. The summed E-state index contributed by atoms with van der Waals surface area (Å²) in [6.07, 6.45) is 4.18. The Hall–Kier alpha value is -2.53. The summed E-state index contributed by atoms with van der Waals surface area (Å²) in [6, 6.07) is 13.9. The van der Waals surface area contributed by atoms with Gasteiger partial charge in [0.1, 0.15) is 5.75 Å². The van der Waals surface area contributed by atoms with E-state index in [9.17, 15) is 5.11 Å². The van der Waals surface area contributed by atoms with E-state index >= 15 is 0 Å². The van der Waals surface area contributed by atoms with E-state index in [-0.39, 0.29) is 11.8 Å². The highest BCUT2D eigenvalue weighted by molar-refractivity contribution is 5.84. The standard InChI is InChI=1S/C22H28N2O3/c1-3-27-21-11-7-9-18(22(21)25)15-23-16-20(24-12-4-5-13-24)17-8-6-10-19(14-17)26-2/h6-11,14-15,20,25H,3-5,12-13,16H2,1-2H3/t20-/m0/s1. The summed E-state index contributed by atoms with van der Waals surface area (Å²) >= 11 is 0. The summed E-state index contributed by atoms with van der Waals surface area (Å²) in [5, 5.41) is 10.3. The third kappa shape index (κ3) is 4.80. The minimum absolute atomic E-state index is 0.141. The van der Waals surface area contributed by atoms with Gasteiger partial charge in [0.25, 0.3) is 0 Å². The Bertz CT molecular complexity index is 770. The number of hydrogen-bond donors (Lipinski definition) is 1. The molecule has 0 radical (unpaired) electrons. The minimum atomic E-state index is 0.141. The summed E-state index contributed by atoms with van der Waals surface area (Å²) in [5.74, 6) is 1.50. The van der Waals surface area contributed by atoms with E-state index in [2.05, 4.69) is 22.0 Å². The van der Waals surface area contributed by atoms with Crippen molar-refractivity contribution < 1.29 is 14.6 Å². The second-order valence-electron chi connectivity index (χ2n) is 6.66. The molecule has 0 saturated carbocycles. The smallest absolute Gasteiger partial charge is 0.166 e. The zero-order chi connectivity index (χ0) is 19.1. The zero-order valence-electron chi connectivity index (χ0n) is 16.1. The number of para-hydroxylation sites is 1. The lowest BCUT2D eigenvalue weighted by Crippen LogP contribution is -2.27. The van der Waals surface area contributed by atoms with E-state index in [1.54, 1.807) is 19.4 Å². The molecule has 0 bridgehead atoms. The van der Waals surface area contributed by atoms with Crippen LogP contribution in [0.25, 0.3) is 0 Å². The van der Waals surface area contributed by atoms with Crippen molar-refractivity contribution in [3.63, 3.8) is 0 Å². The summed E-state index contributed by atoms with van der Waals surface area (Å²) in [5.41, 5.74) is 1.88. The van der Waals surface area contributed by atoms with Gasteiger partial charge >= 0.3 is 0 Å². The number of ether oxygens (including phenoxy) is 2. The fourth-order valence-electron chi connectivity index (χ4n) is 3.50. The average molecular weight is 368 g/mol. The number of rotatable bonds is 8. The van der Waals surface area contributed by atoms with Gasteiger partial charge in [-0.1, -0.05) is 18.2 Å². The molecular formula is C22H28N2O3. The minimum Gasteiger partial charge on any atom is -0.504 e. The van der Waals surface area contributed by atoms with Gasteiger partial charge in [-0.15, -0.1) is 0 Å². The first-order chi connectivity index (χ1) is 13.2. The first kappa shape index (κ1) is 19.2. The molecule has 1 heterocycles. The monoisotopic (exact) mass is 368 g/mol. The topological polar surface area (TPSA) is 54.3 Å². The molecule has 0 unspecified atom stereocenters. The van der Waals surface area contributed by atoms with Crippen LogP contribution in [-0.4, -0.2) is 49.6 Å². The van der Waals surface area contributed by atoms with Gasteiger partial charge in [0.2, 0.25) is 0 Å². The van der Waals surface area contributed by atoms with Crippen molar-refractivity contribution in [1.82, 2.24) is 4.90 Å². The van der Waals surface area contributed by atoms with Gasteiger partial charge < -0.3 is 14.6 Å². The van der Waals surface area contributed by atoms with Gasteiger partial charge in [0.05, 0.1) is 26.3 Å². The zero-order valence-corrected chi connectivity index (χ0v) is 16.1. The molecule has 1 N–H and O–H groups in total. The number of aliphatic imine (C=N–C) groups is 1. The molecule has 1 atom stereocenters. The SMILES string of the molecule is CCOc1cccc(C=NC[C@@H](c2cccc(OC)c2)N2CCCC2)c1O. The second-order valence-corrected chi connectivity index (χ2v) is 6.66. The Balaban J connectivity index is 1.78. The van der Waals surface area contributed by atoms with Gasteiger partial charge in [0, 0.05) is 11.8 Å². The van der Waals surface area contributed by atoms with Crippen LogP contribution < -0.4 is 9.47 Å². The predicted molar refractivity (Wildman–Crippen MR) is 108 cm³/mol. The van der Waals surface area contributed by atoms with Crippen LogP contribution in [0.5, 0.6) is 17.2 Å². The van der Waals surface area contributed by atoms with Gasteiger partial charge in [0.15, 0.2) is 11.5 Å². The molecule has 5 nitrogen and oxygen atoms in total. The van der Waals surface area contributed by atoms with Gasteiger partial charge in [-0.25, -0.2) is 0 Å². The van der Waals surface area contributed by atoms with Gasteiger partial charge in [-0.3, -0.25) is 9.89 Å². The first-order valence-corrected chi connectivity index (χ1v) is 9.55. The molecule has 27 heavy (non-hydrogen) atoms. The summed E-state index contributed by atoms with van der Waals surface area (Å²) in [4.78, 5) is 7.13. The summed E-state index contributed by atoms with van der Waals surface area (Å²) < 4.78 is 10.8. The number of phenols is 1. The Labute approximate surface area is 161 Å². The molecule has 1 fully saturated rings. The van der Waals surface area contributed by atoms with Crippen LogP contribution in [-0.2, 0) is 0 Å². The number of phenolic OH excluding ortho intramolecular Hbond substituents is 1. The summed E-state index contributed by atoms with van der Waals surface area (Å²) in [7, 11) is 1.69. The highest BCUT2D eigenvalue weighted by Gasteiger charge is 2.23. The number of nitrogens with zero attached hydrogens (tertiary/aromatic N) is 2. The highest BCUT2D eigenvalue weighted by atomic mass is 16.5. The summed E-state index contributed by atoms with van der Waals surface area (Å²) in [6.45, 7) is 5.21. The van der Waals surface area contributed by atoms with E-state index in [4.69, 9.17) is 9.47 Å². The second kappa shape index (κ2) is 9.42. The van der Waals surface area contributed by atoms with Crippen LogP contribution in [0.4, 0.5) is 0 Å². The maximum atomic E-state index is 10.3. The molecule has 1 aliphatic rings. The molecule has 0 aromatic heterocycles. The molecule has 1 aliphatic heterocycles. The van der Waals surface area contributed by atoms with Crippen LogP contribution in [0.2, 0.25) is 0 Å². The molecule has 0 aliphatic carbocycles. The van der Waals surface area contributed by atoms with Crippen LogP contribution in [0.3, 0.4) is 0 Å². The van der Waals surface area contributed by atoms with E-state index in [0.29, 0.717) is 24.5 Å². The van der Waals surface area contributed by atoms with E-state index in [1.165, 1.54) is 18.4 Å². The number of likely N-dealkylation sites (tertiary alicyclic amines) is 1. The fourth-order valence-corrected chi connectivity index (χ4v) is 3.50. The molecular weight excluding hydrogens is 340 g/mol. The maximum absolute atomic E-state index is 10.3. The fraction of sp³-hybridized carbons (Fsp3) is 0.409. The Morgan fingerprint density at radius 1 is 1.19 bits per heavy atom. The molecule has 1 saturated heterocycles. The van der Waals surface area contributed by atoms with E-state index < -0.39 is 0 Å². The lowest BCUT2D eigenvalue weighted by molar-refractivity contribution is 0.251. The number of benzene rings is 2. The third-order valence-corrected chi connectivity index (χ3v) is 4.90. The first-order valence-electron chi connectivity index (χ1n) is 9.55. The van der Waals surface area contributed by atoms with Crippen LogP contribution in [0.1, 0.15) is 36.9 Å². The van der Waals surface area contributed by atoms with Crippen molar-refractivity contribution in [2.45, 2.75) is 25.8 Å². The van der Waals surface area contributed by atoms with Crippen molar-refractivity contribution in [3.05, 3.63) is 53.6 Å². The van der Waals surface area contributed by atoms with Crippen molar-refractivity contribution in [1.29, 1.82) is 0 Å². The van der Waals surface area contributed by atoms with E-state index in [0.717, 1.165) is 18.8 Å². The van der Waals surface area contributed by atoms with Crippen LogP contribution >= 0.6 is 0 Å². The quantitative estimate of drug-likeness (QED) is 0.714. The number of hydrogen-bond acceptors (Lipinski definition) is 5. The molecule has 2 aromatic rings. The van der Waals surface area contributed by atoms with Crippen LogP contribution in [0, 0.1) is 0 Å². The Morgan fingerprint density at radius 2 is 1.96 bits per heavy atom. The normalized spacial score (nSPS) is 15.9. The Morgan fingerprint density at radius 3 is 2.70 bits per heavy atom. The van der Waals surface area contributed by atoms with Crippen molar-refractivity contribution in [2.24, 2.45) is 4.99 Å². The lowest BCUT2D eigenvalue weighted by Gasteiger charge is -2.26. The number of aromatic hydroxyl groups is 1.